The summed E-state index contributed by atoms with van der Waals surface area (Å²) in [5.74, 6) is 0.176. The van der Waals surface area contributed by atoms with Gasteiger partial charge in [-0.1, -0.05) is 51.1 Å². The van der Waals surface area contributed by atoms with Crippen LogP contribution in [0.2, 0.25) is 0 Å². The van der Waals surface area contributed by atoms with Gasteiger partial charge >= 0.3 is 0 Å². The fourth-order valence-electron chi connectivity index (χ4n) is 1.68. The summed E-state index contributed by atoms with van der Waals surface area (Å²) < 4.78 is 0. The number of rotatable bonds is 5. The Balaban J connectivity index is 2.59. The van der Waals surface area contributed by atoms with Crippen molar-refractivity contribution >= 4 is 17.6 Å². The molecule has 0 radical (unpaired) electrons. The van der Waals surface area contributed by atoms with Crippen LogP contribution in [0, 0.1) is 5.41 Å². The molecular weight excluding hydrogens is 236 g/mol. The summed E-state index contributed by atoms with van der Waals surface area (Å²) in [5.41, 5.74) is 1.35. The molecule has 0 unspecified atom stereocenters. The molecule has 0 aliphatic rings. The highest BCUT2D eigenvalue weighted by Gasteiger charge is 2.21. The Kier molecular flexibility index (Phi) is 5.22. The van der Waals surface area contributed by atoms with E-state index in [-0.39, 0.29) is 17.0 Å². The van der Waals surface area contributed by atoms with Crippen LogP contribution in [-0.4, -0.2) is 11.6 Å². The molecule has 0 atom stereocenters. The maximum atomic E-state index is 12.0. The average molecular weight is 258 g/mol. The zero-order valence-electron chi connectivity index (χ0n) is 12.2. The predicted octanol–water partition coefficient (Wildman–Crippen LogP) is 4.05. The fourth-order valence-corrected chi connectivity index (χ4v) is 1.68. The van der Waals surface area contributed by atoms with Gasteiger partial charge in [0.15, 0.2) is 5.78 Å². The number of carbonyl (C=O) groups excluding carboxylic acids is 2. The third kappa shape index (κ3) is 5.21. The smallest absolute Gasteiger partial charge is 0.159 e. The van der Waals surface area contributed by atoms with Gasteiger partial charge < -0.3 is 0 Å². The minimum Gasteiger partial charge on any atom is -0.299 e. The third-order valence-electron chi connectivity index (χ3n) is 3.04. The van der Waals surface area contributed by atoms with Crippen LogP contribution in [0.4, 0.5) is 0 Å². The first-order valence-electron chi connectivity index (χ1n) is 6.60. The standard InChI is InChI=1S/C17H22O2/c1-13(12-14-8-6-5-7-9-14)15(18)10-11-16(19)17(2,3)4/h5-9,12H,10-11H2,1-4H3/b13-12+. The van der Waals surface area contributed by atoms with Gasteiger partial charge in [-0.2, -0.15) is 0 Å². The van der Waals surface area contributed by atoms with Crippen molar-refractivity contribution in [3.8, 4) is 0 Å². The van der Waals surface area contributed by atoms with Crippen molar-refractivity contribution < 1.29 is 9.59 Å². The van der Waals surface area contributed by atoms with Gasteiger partial charge in [-0.3, -0.25) is 9.59 Å². The van der Waals surface area contributed by atoms with E-state index >= 15 is 0 Å². The summed E-state index contributed by atoms with van der Waals surface area (Å²) in [6.45, 7) is 7.45. The molecule has 1 aromatic carbocycles. The first-order valence-corrected chi connectivity index (χ1v) is 6.60. The van der Waals surface area contributed by atoms with E-state index in [4.69, 9.17) is 0 Å². The molecule has 19 heavy (non-hydrogen) atoms. The fraction of sp³-hybridized carbons (Fsp3) is 0.412. The molecule has 102 valence electrons. The zero-order valence-corrected chi connectivity index (χ0v) is 12.2. The topological polar surface area (TPSA) is 34.1 Å². The van der Waals surface area contributed by atoms with Crippen molar-refractivity contribution in [3.63, 3.8) is 0 Å². The number of benzene rings is 1. The van der Waals surface area contributed by atoms with Crippen molar-refractivity contribution in [2.45, 2.75) is 40.5 Å². The molecule has 0 N–H and O–H groups in total. The van der Waals surface area contributed by atoms with Gasteiger partial charge in [0.25, 0.3) is 0 Å². The van der Waals surface area contributed by atoms with Crippen LogP contribution < -0.4 is 0 Å². The van der Waals surface area contributed by atoms with Gasteiger partial charge in [-0.25, -0.2) is 0 Å². The summed E-state index contributed by atoms with van der Waals surface area (Å²) in [6, 6.07) is 9.73. The van der Waals surface area contributed by atoms with Crippen LogP contribution in [0.3, 0.4) is 0 Å². The first kappa shape index (κ1) is 15.4. The third-order valence-corrected chi connectivity index (χ3v) is 3.04. The maximum Gasteiger partial charge on any atom is 0.159 e. The lowest BCUT2D eigenvalue weighted by atomic mass is 9.87. The van der Waals surface area contributed by atoms with E-state index in [0.717, 1.165) is 5.56 Å². The molecule has 0 aromatic heterocycles. The number of hydrogen-bond acceptors (Lipinski definition) is 2. The summed E-state index contributed by atoms with van der Waals surface area (Å²) in [5, 5.41) is 0. The summed E-state index contributed by atoms with van der Waals surface area (Å²) >= 11 is 0. The zero-order chi connectivity index (χ0) is 14.5. The second-order valence-corrected chi connectivity index (χ2v) is 5.83. The number of Topliss-reactive ketones (excluding diaryl/α,β-unsaturated/α-hetero) is 2. The molecular formula is C17H22O2. The predicted molar refractivity (Wildman–Crippen MR) is 78.8 cm³/mol. The monoisotopic (exact) mass is 258 g/mol. The van der Waals surface area contributed by atoms with Crippen LogP contribution in [-0.2, 0) is 9.59 Å². The lowest BCUT2D eigenvalue weighted by molar-refractivity contribution is -0.128. The largest absolute Gasteiger partial charge is 0.299 e. The highest BCUT2D eigenvalue weighted by atomic mass is 16.1. The van der Waals surface area contributed by atoms with Crippen LogP contribution >= 0.6 is 0 Å². The molecule has 2 nitrogen and oxygen atoms in total. The van der Waals surface area contributed by atoms with Crippen LogP contribution in [0.1, 0.15) is 46.1 Å². The lowest BCUT2D eigenvalue weighted by Gasteiger charge is -2.15. The molecule has 0 saturated heterocycles. The minimum absolute atomic E-state index is 0.0430. The SMILES string of the molecule is C/C(=C\c1ccccc1)C(=O)CCC(=O)C(C)(C)C. The molecule has 1 aromatic rings. The maximum absolute atomic E-state index is 12.0. The Labute approximate surface area is 115 Å². The lowest BCUT2D eigenvalue weighted by Crippen LogP contribution is -2.20. The van der Waals surface area contributed by atoms with E-state index < -0.39 is 0 Å². The van der Waals surface area contributed by atoms with Gasteiger partial charge in [-0.15, -0.1) is 0 Å². The molecule has 1 rings (SSSR count). The second kappa shape index (κ2) is 6.46. The molecule has 2 heteroatoms. The number of hydrogen-bond donors (Lipinski definition) is 0. The van der Waals surface area contributed by atoms with Crippen LogP contribution in [0.5, 0.6) is 0 Å². The summed E-state index contributed by atoms with van der Waals surface area (Å²) in [7, 11) is 0. The second-order valence-electron chi connectivity index (χ2n) is 5.83. The van der Waals surface area contributed by atoms with Gasteiger partial charge in [-0.05, 0) is 24.1 Å². The Morgan fingerprint density at radius 1 is 1.05 bits per heavy atom. The van der Waals surface area contributed by atoms with E-state index in [9.17, 15) is 9.59 Å². The summed E-state index contributed by atoms with van der Waals surface area (Å²) in [4.78, 5) is 23.7. The molecule has 0 spiro atoms. The molecule has 0 saturated carbocycles. The Bertz CT molecular complexity index is 476. The van der Waals surface area contributed by atoms with Crippen LogP contribution in [0.15, 0.2) is 35.9 Å². The normalized spacial score (nSPS) is 12.3. The Morgan fingerprint density at radius 2 is 1.63 bits per heavy atom. The summed E-state index contributed by atoms with van der Waals surface area (Å²) in [6.07, 6.45) is 2.48. The first-order chi connectivity index (χ1) is 8.80. The van der Waals surface area contributed by atoms with Crippen LogP contribution in [0.25, 0.3) is 6.08 Å². The Morgan fingerprint density at radius 3 is 2.16 bits per heavy atom. The molecule has 0 amide bonds. The van der Waals surface area contributed by atoms with Crippen molar-refractivity contribution in [1.82, 2.24) is 0 Å². The number of ketones is 2. The quantitative estimate of drug-likeness (QED) is 0.746. The Hall–Kier alpha value is -1.70. The van der Waals surface area contributed by atoms with Gasteiger partial charge in [0.2, 0.25) is 0 Å². The highest BCUT2D eigenvalue weighted by Crippen LogP contribution is 2.18. The van der Waals surface area contributed by atoms with E-state index in [1.165, 1.54) is 0 Å². The van der Waals surface area contributed by atoms with Crippen molar-refractivity contribution in [2.24, 2.45) is 5.41 Å². The molecule has 0 bridgehead atoms. The molecule has 0 heterocycles. The van der Waals surface area contributed by atoms with Gasteiger partial charge in [0, 0.05) is 18.3 Å². The number of carbonyl (C=O) groups is 2. The minimum atomic E-state index is -0.364. The van der Waals surface area contributed by atoms with Crippen molar-refractivity contribution in [1.29, 1.82) is 0 Å². The van der Waals surface area contributed by atoms with Gasteiger partial charge in [0.1, 0.15) is 5.78 Å². The van der Waals surface area contributed by atoms with Gasteiger partial charge in [0.05, 0.1) is 0 Å². The van der Waals surface area contributed by atoms with E-state index in [1.807, 2.05) is 57.2 Å². The number of allylic oxidation sites excluding steroid dienone is 1. The van der Waals surface area contributed by atoms with E-state index in [1.54, 1.807) is 6.92 Å². The average Bonchev–Trinajstić information content (AvgIpc) is 2.35. The van der Waals surface area contributed by atoms with E-state index in [0.29, 0.717) is 18.4 Å². The molecule has 0 fully saturated rings. The van der Waals surface area contributed by atoms with Crippen molar-refractivity contribution in [2.75, 3.05) is 0 Å². The van der Waals surface area contributed by atoms with E-state index in [2.05, 4.69) is 0 Å². The highest BCUT2D eigenvalue weighted by molar-refractivity contribution is 6.00. The van der Waals surface area contributed by atoms with Crippen molar-refractivity contribution in [3.05, 3.63) is 41.5 Å². The molecule has 0 aliphatic heterocycles. The molecule has 0 aliphatic carbocycles.